The smallest absolute Gasteiger partial charge is 0.268 e. The number of nitrogens with zero attached hydrogens (tertiary/aromatic N) is 1. The van der Waals surface area contributed by atoms with Crippen LogP contribution in [0.25, 0.3) is 0 Å². The summed E-state index contributed by atoms with van der Waals surface area (Å²) in [5, 5.41) is 13.7. The number of allylic oxidation sites excluding steroid dienone is 5. The molecule has 0 saturated heterocycles. The third-order valence-corrected chi connectivity index (χ3v) is 9.81. The van der Waals surface area contributed by atoms with Crippen LogP contribution in [0.15, 0.2) is 36.5 Å². The van der Waals surface area contributed by atoms with E-state index in [-0.39, 0.29) is 19.1 Å². The number of aliphatic hydroxyl groups is 1. The second kappa shape index (κ2) is 33.5. The van der Waals surface area contributed by atoms with Crippen LogP contribution >= 0.6 is 7.82 Å². The molecule has 3 atom stereocenters. The molecule has 0 aromatic rings. The molecule has 0 spiro atoms. The van der Waals surface area contributed by atoms with E-state index in [1.807, 2.05) is 27.2 Å². The van der Waals surface area contributed by atoms with Crippen LogP contribution in [0.2, 0.25) is 0 Å². The van der Waals surface area contributed by atoms with E-state index in [1.165, 1.54) is 83.5 Å². The number of hydrogen-bond acceptors (Lipinski definition) is 6. The quantitative estimate of drug-likeness (QED) is 0.0288. The summed E-state index contributed by atoms with van der Waals surface area (Å²) >= 11 is 0. The summed E-state index contributed by atoms with van der Waals surface area (Å²) < 4.78 is 23.1. The van der Waals surface area contributed by atoms with Gasteiger partial charge in [-0.05, 0) is 51.4 Å². The van der Waals surface area contributed by atoms with Gasteiger partial charge in [-0.1, -0.05) is 147 Å². The molecular weight excluding hydrogens is 647 g/mol. The summed E-state index contributed by atoms with van der Waals surface area (Å²) in [6.45, 7) is 4.58. The Morgan fingerprint density at radius 1 is 0.700 bits per heavy atom. The highest BCUT2D eigenvalue weighted by atomic mass is 31.2. The van der Waals surface area contributed by atoms with E-state index >= 15 is 0 Å². The second-order valence-electron chi connectivity index (χ2n) is 15.0. The number of likely N-dealkylation sites (N-methyl/N-ethyl adjacent to an activating group) is 1. The van der Waals surface area contributed by atoms with E-state index in [4.69, 9.17) is 9.05 Å². The maximum absolute atomic E-state index is 12.8. The normalized spacial score (nSPS) is 14.9. The lowest BCUT2D eigenvalue weighted by molar-refractivity contribution is -0.870. The SMILES string of the molecule is CCCCC/C=C\C/C=C\CCCCCCCC(=O)NC(COP(=O)([O-])OCC[N+](C)(C)C)C(O)/C=C/CCCCCCCCCCCCC. The molecule has 0 rings (SSSR count). The number of quaternary nitrogens is 1. The van der Waals surface area contributed by atoms with E-state index in [0.29, 0.717) is 17.4 Å². The molecule has 9 heteroatoms. The second-order valence-corrected chi connectivity index (χ2v) is 16.4. The Labute approximate surface area is 308 Å². The fraction of sp³-hybridized carbons (Fsp3) is 0.829. The van der Waals surface area contributed by atoms with Crippen LogP contribution in [-0.4, -0.2) is 68.5 Å². The lowest BCUT2D eigenvalue weighted by atomic mass is 10.0. The zero-order chi connectivity index (χ0) is 37.2. The predicted molar refractivity (Wildman–Crippen MR) is 210 cm³/mol. The highest BCUT2D eigenvalue weighted by Crippen LogP contribution is 2.38. The molecule has 0 aromatic heterocycles. The van der Waals surface area contributed by atoms with Gasteiger partial charge in [0.1, 0.15) is 13.2 Å². The van der Waals surface area contributed by atoms with Gasteiger partial charge in [-0.2, -0.15) is 0 Å². The van der Waals surface area contributed by atoms with Gasteiger partial charge < -0.3 is 28.8 Å². The number of hydrogen-bond donors (Lipinski definition) is 2. The molecule has 3 unspecified atom stereocenters. The summed E-state index contributed by atoms with van der Waals surface area (Å²) in [7, 11) is 1.25. The molecule has 0 saturated carbocycles. The van der Waals surface area contributed by atoms with Crippen LogP contribution in [-0.2, 0) is 18.4 Å². The van der Waals surface area contributed by atoms with Gasteiger partial charge in [-0.3, -0.25) is 9.36 Å². The summed E-state index contributed by atoms with van der Waals surface area (Å²) in [5.74, 6) is -0.214. The van der Waals surface area contributed by atoms with Crippen LogP contribution in [0.3, 0.4) is 0 Å². The number of nitrogens with one attached hydrogen (secondary N) is 1. The molecule has 0 aliphatic heterocycles. The van der Waals surface area contributed by atoms with Gasteiger partial charge in [0.15, 0.2) is 0 Å². The first-order chi connectivity index (χ1) is 24.0. The van der Waals surface area contributed by atoms with Crippen LogP contribution in [0.4, 0.5) is 0 Å². The molecule has 1 amide bonds. The molecule has 0 radical (unpaired) electrons. The molecule has 0 aliphatic carbocycles. The standard InChI is InChI=1S/C41H79N2O6P/c1-6-8-10-12-14-16-18-20-21-23-25-27-29-31-33-35-41(45)42-39(38-49-50(46,47)48-37-36-43(3,4)5)40(44)34-32-30-28-26-24-22-19-17-15-13-11-9-7-2/h14,16,20-21,32,34,39-40,44H,6-13,15,17-19,22-31,33,35-38H2,1-5H3,(H-,42,45,46,47)/b16-14-,21-20-,34-32+. The molecule has 0 fully saturated rings. The molecule has 294 valence electrons. The Morgan fingerprint density at radius 3 is 1.70 bits per heavy atom. The lowest BCUT2D eigenvalue weighted by Crippen LogP contribution is -2.45. The van der Waals surface area contributed by atoms with E-state index in [1.54, 1.807) is 6.08 Å². The number of phosphoric acid groups is 1. The zero-order valence-electron chi connectivity index (χ0n) is 33.1. The molecule has 8 nitrogen and oxygen atoms in total. The summed E-state index contributed by atoms with van der Waals surface area (Å²) in [5.41, 5.74) is 0. The third kappa shape index (κ3) is 35.1. The van der Waals surface area contributed by atoms with Gasteiger partial charge in [0.05, 0.1) is 39.9 Å². The minimum absolute atomic E-state index is 0.00442. The molecule has 0 aliphatic rings. The molecule has 2 N–H and O–H groups in total. The first-order valence-electron chi connectivity index (χ1n) is 20.4. The van der Waals surface area contributed by atoms with Crippen molar-refractivity contribution in [1.29, 1.82) is 0 Å². The number of amides is 1. The van der Waals surface area contributed by atoms with Crippen LogP contribution in [0.1, 0.15) is 168 Å². The topological polar surface area (TPSA) is 108 Å². The highest BCUT2D eigenvalue weighted by molar-refractivity contribution is 7.45. The Morgan fingerprint density at radius 2 is 1.16 bits per heavy atom. The predicted octanol–water partition coefficient (Wildman–Crippen LogP) is 10.1. The lowest BCUT2D eigenvalue weighted by Gasteiger charge is -2.29. The van der Waals surface area contributed by atoms with Crippen molar-refractivity contribution >= 4 is 13.7 Å². The summed E-state index contributed by atoms with van der Waals surface area (Å²) in [6.07, 6.45) is 38.9. The van der Waals surface area contributed by atoms with Crippen LogP contribution in [0.5, 0.6) is 0 Å². The van der Waals surface area contributed by atoms with Crippen molar-refractivity contribution in [3.63, 3.8) is 0 Å². The van der Waals surface area contributed by atoms with Crippen molar-refractivity contribution < 1.29 is 32.9 Å². The van der Waals surface area contributed by atoms with E-state index in [9.17, 15) is 19.4 Å². The van der Waals surface area contributed by atoms with Crippen molar-refractivity contribution in [2.24, 2.45) is 0 Å². The summed E-state index contributed by atoms with van der Waals surface area (Å²) in [6, 6.07) is -0.890. The van der Waals surface area contributed by atoms with Crippen molar-refractivity contribution in [3.8, 4) is 0 Å². The third-order valence-electron chi connectivity index (χ3n) is 8.84. The van der Waals surface area contributed by atoms with E-state index in [0.717, 1.165) is 64.2 Å². The average Bonchev–Trinajstić information content (AvgIpc) is 3.06. The Kier molecular flexibility index (Phi) is 32.7. The number of unbranched alkanes of at least 4 members (excludes halogenated alkanes) is 19. The van der Waals surface area contributed by atoms with Gasteiger partial charge in [0.25, 0.3) is 7.82 Å². The Balaban J connectivity index is 4.53. The van der Waals surface area contributed by atoms with E-state index in [2.05, 4.69) is 43.5 Å². The molecule has 0 aromatic carbocycles. The van der Waals surface area contributed by atoms with Gasteiger partial charge in [0, 0.05) is 6.42 Å². The minimum Gasteiger partial charge on any atom is -0.756 e. The number of carbonyl (C=O) groups excluding carboxylic acids is 1. The summed E-state index contributed by atoms with van der Waals surface area (Å²) in [4.78, 5) is 25.2. The van der Waals surface area contributed by atoms with Crippen LogP contribution in [0, 0.1) is 0 Å². The number of aliphatic hydroxyl groups excluding tert-OH is 1. The van der Waals surface area contributed by atoms with Gasteiger partial charge in [-0.15, -0.1) is 0 Å². The van der Waals surface area contributed by atoms with Gasteiger partial charge >= 0.3 is 0 Å². The maximum Gasteiger partial charge on any atom is 0.268 e. The minimum atomic E-state index is -4.58. The first kappa shape index (κ1) is 48.7. The number of carbonyl (C=O) groups is 1. The van der Waals surface area contributed by atoms with Crippen molar-refractivity contribution in [3.05, 3.63) is 36.5 Å². The number of rotatable bonds is 36. The monoisotopic (exact) mass is 727 g/mol. The van der Waals surface area contributed by atoms with Crippen molar-refractivity contribution in [2.75, 3.05) is 40.9 Å². The Hall–Kier alpha value is -1.28. The van der Waals surface area contributed by atoms with Crippen molar-refractivity contribution in [2.45, 2.75) is 180 Å². The van der Waals surface area contributed by atoms with Crippen molar-refractivity contribution in [1.82, 2.24) is 5.32 Å². The van der Waals surface area contributed by atoms with Gasteiger partial charge in [-0.25, -0.2) is 0 Å². The molecule has 0 bridgehead atoms. The molecule has 50 heavy (non-hydrogen) atoms. The Bertz CT molecular complexity index is 917. The fourth-order valence-corrected chi connectivity index (χ4v) is 6.26. The molecular formula is C41H79N2O6P. The van der Waals surface area contributed by atoms with E-state index < -0.39 is 20.0 Å². The van der Waals surface area contributed by atoms with Crippen LogP contribution < -0.4 is 10.2 Å². The first-order valence-corrected chi connectivity index (χ1v) is 21.8. The highest BCUT2D eigenvalue weighted by Gasteiger charge is 2.23. The maximum atomic E-state index is 12.8. The zero-order valence-corrected chi connectivity index (χ0v) is 34.0. The number of phosphoric ester groups is 1. The largest absolute Gasteiger partial charge is 0.756 e. The molecule has 0 heterocycles. The average molecular weight is 727 g/mol. The fourth-order valence-electron chi connectivity index (χ4n) is 5.53. The van der Waals surface area contributed by atoms with Gasteiger partial charge in [0.2, 0.25) is 5.91 Å².